The van der Waals surface area contributed by atoms with Crippen molar-refractivity contribution < 1.29 is 0 Å². The first-order valence-corrected chi connectivity index (χ1v) is 5.35. The molecule has 0 bridgehead atoms. The van der Waals surface area contributed by atoms with E-state index in [4.69, 9.17) is 5.73 Å². The minimum absolute atomic E-state index is 0.209. The van der Waals surface area contributed by atoms with Crippen LogP contribution in [0.2, 0.25) is 0 Å². The Morgan fingerprint density at radius 1 is 1.36 bits per heavy atom. The smallest absolute Gasteiger partial charge is 0.0276 e. The van der Waals surface area contributed by atoms with Crippen LogP contribution in [0.5, 0.6) is 0 Å². The normalized spacial score (nSPS) is 22.1. The fraction of sp³-hybridized carbons (Fsp3) is 1.00. The van der Waals surface area contributed by atoms with E-state index in [1.165, 1.54) is 24.6 Å². The molecule has 0 aromatic heterocycles. The maximum Gasteiger partial charge on any atom is 0.0276 e. The van der Waals surface area contributed by atoms with Crippen molar-refractivity contribution in [2.75, 3.05) is 31.1 Å². The summed E-state index contributed by atoms with van der Waals surface area (Å²) < 4.78 is 0. The van der Waals surface area contributed by atoms with E-state index in [1.54, 1.807) is 0 Å². The number of hydrogen-bond donors (Lipinski definition) is 1. The van der Waals surface area contributed by atoms with Crippen molar-refractivity contribution in [1.29, 1.82) is 0 Å². The van der Waals surface area contributed by atoms with E-state index in [0.29, 0.717) is 0 Å². The van der Waals surface area contributed by atoms with Crippen molar-refractivity contribution in [3.05, 3.63) is 0 Å². The van der Waals surface area contributed by atoms with Gasteiger partial charge in [0.25, 0.3) is 0 Å². The van der Waals surface area contributed by atoms with Gasteiger partial charge in [0.15, 0.2) is 0 Å². The van der Waals surface area contributed by atoms with Gasteiger partial charge in [0.1, 0.15) is 0 Å². The number of nitrogens with two attached hydrogens (primary N) is 1. The third kappa shape index (κ3) is 2.36. The molecule has 1 aliphatic heterocycles. The van der Waals surface area contributed by atoms with Crippen LogP contribution in [0.25, 0.3) is 0 Å². The molecular weight excluding hydrogens is 156 g/mol. The third-order valence-corrected chi connectivity index (χ3v) is 3.31. The Morgan fingerprint density at radius 2 is 1.91 bits per heavy atom. The Balaban J connectivity index is 2.43. The Labute approximate surface area is 73.5 Å². The Bertz CT molecular complexity index is 119. The molecule has 1 saturated heterocycles. The summed E-state index contributed by atoms with van der Waals surface area (Å²) in [4.78, 5) is 2.49. The molecule has 11 heavy (non-hydrogen) atoms. The van der Waals surface area contributed by atoms with Crippen LogP contribution < -0.4 is 5.73 Å². The third-order valence-electron chi connectivity index (χ3n) is 2.37. The highest BCUT2D eigenvalue weighted by Crippen LogP contribution is 2.18. The van der Waals surface area contributed by atoms with Gasteiger partial charge in [-0.05, 0) is 13.8 Å². The quantitative estimate of drug-likeness (QED) is 0.670. The summed E-state index contributed by atoms with van der Waals surface area (Å²) in [6, 6.07) is 0. The number of nitrogens with zero attached hydrogens (tertiary/aromatic N) is 1. The molecule has 0 amide bonds. The average molecular weight is 174 g/mol. The van der Waals surface area contributed by atoms with Crippen molar-refractivity contribution in [3.63, 3.8) is 0 Å². The van der Waals surface area contributed by atoms with Crippen LogP contribution >= 0.6 is 11.8 Å². The first-order chi connectivity index (χ1) is 5.17. The zero-order valence-electron chi connectivity index (χ0n) is 7.47. The Morgan fingerprint density at radius 3 is 2.36 bits per heavy atom. The largest absolute Gasteiger partial charge is 0.329 e. The predicted molar refractivity (Wildman–Crippen MR) is 52.0 cm³/mol. The number of thioether (sulfide) groups is 1. The van der Waals surface area contributed by atoms with Crippen LogP contribution in [0.3, 0.4) is 0 Å². The summed E-state index contributed by atoms with van der Waals surface area (Å²) in [5.74, 6) is 2.53. The van der Waals surface area contributed by atoms with E-state index < -0.39 is 0 Å². The van der Waals surface area contributed by atoms with Gasteiger partial charge in [0, 0.05) is 36.7 Å². The molecule has 0 unspecified atom stereocenters. The van der Waals surface area contributed by atoms with E-state index in [2.05, 4.69) is 18.7 Å². The van der Waals surface area contributed by atoms with Gasteiger partial charge in [-0.3, -0.25) is 4.90 Å². The molecule has 0 aromatic rings. The van der Waals surface area contributed by atoms with E-state index >= 15 is 0 Å². The van der Waals surface area contributed by atoms with Gasteiger partial charge in [-0.1, -0.05) is 0 Å². The average Bonchev–Trinajstić information content (AvgIpc) is 2.06. The molecular formula is C8H18N2S. The van der Waals surface area contributed by atoms with Crippen LogP contribution in [0.1, 0.15) is 13.8 Å². The van der Waals surface area contributed by atoms with Crippen molar-refractivity contribution in [2.24, 2.45) is 5.73 Å². The second-order valence-corrected chi connectivity index (χ2v) is 4.84. The molecule has 3 heteroatoms. The van der Waals surface area contributed by atoms with E-state index in [1.807, 2.05) is 11.8 Å². The van der Waals surface area contributed by atoms with E-state index in [9.17, 15) is 0 Å². The minimum atomic E-state index is 0.209. The van der Waals surface area contributed by atoms with Crippen molar-refractivity contribution in [1.82, 2.24) is 4.90 Å². The molecule has 0 saturated carbocycles. The van der Waals surface area contributed by atoms with Gasteiger partial charge in [0.2, 0.25) is 0 Å². The highest BCUT2D eigenvalue weighted by atomic mass is 32.2. The molecule has 0 radical (unpaired) electrons. The lowest BCUT2D eigenvalue weighted by atomic mass is 10.0. The Hall–Kier alpha value is 0.270. The maximum absolute atomic E-state index is 5.69. The fourth-order valence-corrected chi connectivity index (χ4v) is 2.20. The SMILES string of the molecule is CC(C)(CN)N1CCSCC1. The molecule has 2 nitrogen and oxygen atoms in total. The lowest BCUT2D eigenvalue weighted by Gasteiger charge is -2.39. The Kier molecular flexibility index (Phi) is 3.22. The van der Waals surface area contributed by atoms with Gasteiger partial charge in [-0.25, -0.2) is 0 Å². The number of rotatable bonds is 2. The second kappa shape index (κ2) is 3.78. The van der Waals surface area contributed by atoms with Crippen LogP contribution in [0, 0.1) is 0 Å². The standard InChI is InChI=1S/C8H18N2S/c1-8(2,7-9)10-3-5-11-6-4-10/h3-7,9H2,1-2H3. The molecule has 0 atom stereocenters. The van der Waals surface area contributed by atoms with Crippen molar-refractivity contribution in [2.45, 2.75) is 19.4 Å². The molecule has 1 heterocycles. The van der Waals surface area contributed by atoms with Gasteiger partial charge in [-0.15, -0.1) is 0 Å². The summed E-state index contributed by atoms with van der Waals surface area (Å²) >= 11 is 2.04. The lowest BCUT2D eigenvalue weighted by Crippen LogP contribution is -2.52. The summed E-state index contributed by atoms with van der Waals surface area (Å²) in [6.07, 6.45) is 0. The maximum atomic E-state index is 5.69. The van der Waals surface area contributed by atoms with E-state index in [-0.39, 0.29) is 5.54 Å². The molecule has 2 N–H and O–H groups in total. The van der Waals surface area contributed by atoms with Crippen LogP contribution in [0.15, 0.2) is 0 Å². The monoisotopic (exact) mass is 174 g/mol. The van der Waals surface area contributed by atoms with Crippen molar-refractivity contribution in [3.8, 4) is 0 Å². The zero-order chi connectivity index (χ0) is 8.32. The van der Waals surface area contributed by atoms with Gasteiger partial charge in [-0.2, -0.15) is 11.8 Å². The molecule has 1 aliphatic rings. The lowest BCUT2D eigenvalue weighted by molar-refractivity contribution is 0.142. The minimum Gasteiger partial charge on any atom is -0.329 e. The fourth-order valence-electron chi connectivity index (χ4n) is 1.30. The van der Waals surface area contributed by atoms with E-state index in [0.717, 1.165) is 6.54 Å². The van der Waals surface area contributed by atoms with Crippen LogP contribution in [-0.4, -0.2) is 41.6 Å². The topological polar surface area (TPSA) is 29.3 Å². The summed E-state index contributed by atoms with van der Waals surface area (Å²) in [6.45, 7) is 7.62. The molecule has 0 spiro atoms. The highest BCUT2D eigenvalue weighted by molar-refractivity contribution is 7.99. The van der Waals surface area contributed by atoms with Crippen molar-refractivity contribution >= 4 is 11.8 Å². The van der Waals surface area contributed by atoms with Gasteiger partial charge >= 0.3 is 0 Å². The first-order valence-electron chi connectivity index (χ1n) is 4.20. The molecule has 1 fully saturated rings. The molecule has 0 aliphatic carbocycles. The summed E-state index contributed by atoms with van der Waals surface area (Å²) in [7, 11) is 0. The molecule has 0 aromatic carbocycles. The zero-order valence-corrected chi connectivity index (χ0v) is 8.28. The predicted octanol–water partition coefficient (Wildman–Crippen LogP) is 0.773. The van der Waals surface area contributed by atoms with Crippen LogP contribution in [0.4, 0.5) is 0 Å². The number of hydrogen-bond acceptors (Lipinski definition) is 3. The molecule has 1 rings (SSSR count). The van der Waals surface area contributed by atoms with Crippen LogP contribution in [-0.2, 0) is 0 Å². The van der Waals surface area contributed by atoms with Gasteiger partial charge < -0.3 is 5.73 Å². The first kappa shape index (κ1) is 9.36. The second-order valence-electron chi connectivity index (χ2n) is 3.62. The van der Waals surface area contributed by atoms with Gasteiger partial charge in [0.05, 0.1) is 0 Å². The summed E-state index contributed by atoms with van der Waals surface area (Å²) in [5, 5.41) is 0. The summed E-state index contributed by atoms with van der Waals surface area (Å²) in [5.41, 5.74) is 5.90. The molecule has 66 valence electrons. The highest BCUT2D eigenvalue weighted by Gasteiger charge is 2.25.